The molecule has 0 aliphatic carbocycles. The summed E-state index contributed by atoms with van der Waals surface area (Å²) in [5.41, 5.74) is 0.977. The van der Waals surface area contributed by atoms with E-state index >= 15 is 0 Å². The number of benzene rings is 1. The fourth-order valence-electron chi connectivity index (χ4n) is 2.54. The van der Waals surface area contributed by atoms with Crippen LogP contribution in [-0.2, 0) is 9.59 Å². The summed E-state index contributed by atoms with van der Waals surface area (Å²) < 4.78 is 0. The van der Waals surface area contributed by atoms with Gasteiger partial charge in [-0.3, -0.25) is 9.59 Å². The zero-order valence-corrected chi connectivity index (χ0v) is 11.1. The second-order valence-electron chi connectivity index (χ2n) is 5.09. The standard InChI is InChI=1S/C15H19NO3/c1-11(12-6-3-2-4-7-12)14(17)16-9-5-8-13(10-16)15(18)19/h2-4,6-7,11,13H,5,8-10H2,1H3,(H,18,19)/t11-,13+/m1/s1. The number of piperidine rings is 1. The Bertz CT molecular complexity index is 458. The van der Waals surface area contributed by atoms with E-state index in [4.69, 9.17) is 5.11 Å². The van der Waals surface area contributed by atoms with Crippen LogP contribution in [0.2, 0.25) is 0 Å². The monoisotopic (exact) mass is 261 g/mol. The summed E-state index contributed by atoms with van der Waals surface area (Å²) in [5, 5.41) is 9.06. The molecule has 0 unspecified atom stereocenters. The molecule has 0 spiro atoms. The molecule has 2 rings (SSSR count). The smallest absolute Gasteiger partial charge is 0.308 e. The molecule has 4 heteroatoms. The zero-order valence-electron chi connectivity index (χ0n) is 11.1. The van der Waals surface area contributed by atoms with Crippen LogP contribution in [0.25, 0.3) is 0 Å². The molecule has 19 heavy (non-hydrogen) atoms. The Morgan fingerprint density at radius 1 is 1.32 bits per heavy atom. The number of hydrogen-bond donors (Lipinski definition) is 1. The number of amides is 1. The van der Waals surface area contributed by atoms with Gasteiger partial charge < -0.3 is 10.0 Å². The van der Waals surface area contributed by atoms with Crippen molar-refractivity contribution in [1.29, 1.82) is 0 Å². The molecule has 1 aliphatic heterocycles. The molecule has 1 heterocycles. The Balaban J connectivity index is 2.05. The molecular weight excluding hydrogens is 242 g/mol. The van der Waals surface area contributed by atoms with Crippen molar-refractivity contribution in [3.05, 3.63) is 35.9 Å². The van der Waals surface area contributed by atoms with Gasteiger partial charge in [0, 0.05) is 13.1 Å². The van der Waals surface area contributed by atoms with E-state index in [-0.39, 0.29) is 11.8 Å². The van der Waals surface area contributed by atoms with Gasteiger partial charge in [-0.15, -0.1) is 0 Å². The Morgan fingerprint density at radius 3 is 2.63 bits per heavy atom. The molecule has 1 saturated heterocycles. The highest BCUT2D eigenvalue weighted by molar-refractivity contribution is 5.84. The lowest BCUT2D eigenvalue weighted by atomic mass is 9.94. The van der Waals surface area contributed by atoms with Gasteiger partial charge in [0.2, 0.25) is 5.91 Å². The molecule has 2 atom stereocenters. The van der Waals surface area contributed by atoms with Gasteiger partial charge >= 0.3 is 5.97 Å². The van der Waals surface area contributed by atoms with Gasteiger partial charge in [-0.25, -0.2) is 0 Å². The van der Waals surface area contributed by atoms with Gasteiger partial charge in [0.05, 0.1) is 11.8 Å². The van der Waals surface area contributed by atoms with Crippen molar-refractivity contribution in [3.8, 4) is 0 Å². The van der Waals surface area contributed by atoms with E-state index < -0.39 is 11.9 Å². The lowest BCUT2D eigenvalue weighted by molar-refractivity contribution is -0.146. The second kappa shape index (κ2) is 5.87. The molecule has 0 radical (unpaired) electrons. The topological polar surface area (TPSA) is 57.6 Å². The van der Waals surface area contributed by atoms with Crippen molar-refractivity contribution < 1.29 is 14.7 Å². The van der Waals surface area contributed by atoms with Crippen LogP contribution in [0.15, 0.2) is 30.3 Å². The molecule has 1 aromatic rings. The highest BCUT2D eigenvalue weighted by Gasteiger charge is 2.30. The maximum Gasteiger partial charge on any atom is 0.308 e. The molecule has 4 nitrogen and oxygen atoms in total. The van der Waals surface area contributed by atoms with Crippen molar-refractivity contribution in [2.75, 3.05) is 13.1 Å². The Hall–Kier alpha value is -1.84. The van der Waals surface area contributed by atoms with Crippen molar-refractivity contribution in [2.24, 2.45) is 5.92 Å². The summed E-state index contributed by atoms with van der Waals surface area (Å²) in [4.78, 5) is 25.1. The normalized spacial score (nSPS) is 20.9. The van der Waals surface area contributed by atoms with E-state index in [1.165, 1.54) is 0 Å². The average molecular weight is 261 g/mol. The quantitative estimate of drug-likeness (QED) is 0.906. The van der Waals surface area contributed by atoms with Gasteiger partial charge in [-0.1, -0.05) is 30.3 Å². The number of carbonyl (C=O) groups excluding carboxylic acids is 1. The molecule has 0 saturated carbocycles. The van der Waals surface area contributed by atoms with E-state index in [0.717, 1.165) is 12.0 Å². The van der Waals surface area contributed by atoms with E-state index in [9.17, 15) is 9.59 Å². The first-order valence-electron chi connectivity index (χ1n) is 6.66. The lowest BCUT2D eigenvalue weighted by Gasteiger charge is -2.32. The molecule has 1 aromatic carbocycles. The van der Waals surface area contributed by atoms with E-state index in [1.807, 2.05) is 37.3 Å². The number of rotatable bonds is 3. The third-order valence-corrected chi connectivity index (χ3v) is 3.75. The number of carboxylic acid groups (broad SMARTS) is 1. The fourth-order valence-corrected chi connectivity index (χ4v) is 2.54. The summed E-state index contributed by atoms with van der Waals surface area (Å²) >= 11 is 0. The van der Waals surface area contributed by atoms with Crippen LogP contribution in [0, 0.1) is 5.92 Å². The highest BCUT2D eigenvalue weighted by Crippen LogP contribution is 2.22. The second-order valence-corrected chi connectivity index (χ2v) is 5.09. The van der Waals surface area contributed by atoms with Crippen LogP contribution in [0.4, 0.5) is 0 Å². The first-order valence-corrected chi connectivity index (χ1v) is 6.66. The minimum Gasteiger partial charge on any atom is -0.481 e. The summed E-state index contributed by atoms with van der Waals surface area (Å²) in [6.07, 6.45) is 1.43. The largest absolute Gasteiger partial charge is 0.481 e. The van der Waals surface area contributed by atoms with Gasteiger partial charge in [0.15, 0.2) is 0 Å². The zero-order chi connectivity index (χ0) is 13.8. The first-order chi connectivity index (χ1) is 9.09. The van der Waals surface area contributed by atoms with Crippen molar-refractivity contribution in [1.82, 2.24) is 4.90 Å². The molecule has 0 aromatic heterocycles. The number of likely N-dealkylation sites (tertiary alicyclic amines) is 1. The Labute approximate surface area is 113 Å². The van der Waals surface area contributed by atoms with Crippen molar-refractivity contribution in [2.45, 2.75) is 25.7 Å². The summed E-state index contributed by atoms with van der Waals surface area (Å²) in [6, 6.07) is 9.61. The van der Waals surface area contributed by atoms with Crippen molar-refractivity contribution >= 4 is 11.9 Å². The number of hydrogen-bond acceptors (Lipinski definition) is 2. The molecule has 1 fully saturated rings. The number of carbonyl (C=O) groups is 2. The summed E-state index contributed by atoms with van der Waals surface area (Å²) in [6.45, 7) is 2.88. The minimum absolute atomic E-state index is 0.0251. The van der Waals surface area contributed by atoms with Gasteiger partial charge in [-0.2, -0.15) is 0 Å². The third-order valence-electron chi connectivity index (χ3n) is 3.75. The SMILES string of the molecule is C[C@@H](C(=O)N1CCC[C@H](C(=O)O)C1)c1ccccc1. The number of nitrogens with zero attached hydrogens (tertiary/aromatic N) is 1. The fraction of sp³-hybridized carbons (Fsp3) is 0.467. The maximum absolute atomic E-state index is 12.4. The molecule has 0 bridgehead atoms. The Morgan fingerprint density at radius 2 is 2.00 bits per heavy atom. The third kappa shape index (κ3) is 3.13. The van der Waals surface area contributed by atoms with Crippen LogP contribution in [-0.4, -0.2) is 35.0 Å². The predicted molar refractivity (Wildman–Crippen MR) is 71.8 cm³/mol. The summed E-state index contributed by atoms with van der Waals surface area (Å²) in [7, 11) is 0. The van der Waals surface area contributed by atoms with Gasteiger partial charge in [0.1, 0.15) is 0 Å². The van der Waals surface area contributed by atoms with Gasteiger partial charge in [-0.05, 0) is 25.3 Å². The minimum atomic E-state index is -0.801. The lowest BCUT2D eigenvalue weighted by Crippen LogP contribution is -2.43. The molecule has 1 aliphatic rings. The van der Waals surface area contributed by atoms with Gasteiger partial charge in [0.25, 0.3) is 0 Å². The number of carboxylic acids is 1. The van der Waals surface area contributed by atoms with E-state index in [0.29, 0.717) is 19.5 Å². The first kappa shape index (κ1) is 13.6. The molecule has 1 N–H and O–H groups in total. The highest BCUT2D eigenvalue weighted by atomic mass is 16.4. The molecule has 1 amide bonds. The van der Waals surface area contributed by atoms with Crippen LogP contribution >= 0.6 is 0 Å². The van der Waals surface area contributed by atoms with Crippen LogP contribution in [0.5, 0.6) is 0 Å². The van der Waals surface area contributed by atoms with Crippen molar-refractivity contribution in [3.63, 3.8) is 0 Å². The maximum atomic E-state index is 12.4. The predicted octanol–water partition coefficient (Wildman–Crippen LogP) is 2.11. The van der Waals surface area contributed by atoms with Crippen LogP contribution in [0.3, 0.4) is 0 Å². The summed E-state index contributed by atoms with van der Waals surface area (Å²) in [5.74, 6) is -1.41. The van der Waals surface area contributed by atoms with E-state index in [2.05, 4.69) is 0 Å². The van der Waals surface area contributed by atoms with E-state index in [1.54, 1.807) is 4.90 Å². The Kier molecular flexibility index (Phi) is 4.20. The van der Waals surface area contributed by atoms with Crippen LogP contribution in [0.1, 0.15) is 31.2 Å². The van der Waals surface area contributed by atoms with Crippen LogP contribution < -0.4 is 0 Å². The number of aliphatic carboxylic acids is 1. The molecular formula is C15H19NO3. The average Bonchev–Trinajstić information content (AvgIpc) is 2.46. The molecule has 102 valence electrons.